The molecule has 0 saturated carbocycles. The van der Waals surface area contributed by atoms with Crippen LogP contribution in [0.1, 0.15) is 60.3 Å². The number of guanidine groups is 1. The van der Waals surface area contributed by atoms with Crippen molar-refractivity contribution in [3.63, 3.8) is 0 Å². The molecule has 2 N–H and O–H groups in total. The number of nitrogens with zero attached hydrogens (tertiary/aromatic N) is 2. The van der Waals surface area contributed by atoms with Gasteiger partial charge in [-0.3, -0.25) is 4.99 Å². The second-order valence-corrected chi connectivity index (χ2v) is 7.79. The van der Waals surface area contributed by atoms with Gasteiger partial charge in [0.05, 0.1) is 12.3 Å². The zero-order valence-corrected chi connectivity index (χ0v) is 19.1. The SMILES string of the molecule is CCCCCC(C)NC(=NCCS(=O)(=O)N(CC)CC)NCC.I. The highest BCUT2D eigenvalue weighted by Crippen LogP contribution is 2.03. The van der Waals surface area contributed by atoms with Crippen LogP contribution in [0, 0.1) is 0 Å². The minimum atomic E-state index is -3.21. The van der Waals surface area contributed by atoms with E-state index in [-0.39, 0.29) is 36.3 Å². The third-order valence-electron chi connectivity index (χ3n) is 3.69. The number of hydrogen-bond acceptors (Lipinski definition) is 3. The second-order valence-electron chi connectivity index (χ2n) is 5.70. The maximum absolute atomic E-state index is 12.1. The summed E-state index contributed by atoms with van der Waals surface area (Å²) < 4.78 is 25.8. The van der Waals surface area contributed by atoms with E-state index in [2.05, 4.69) is 29.5 Å². The average molecular weight is 476 g/mol. The lowest BCUT2D eigenvalue weighted by atomic mass is 10.1. The van der Waals surface area contributed by atoms with E-state index in [0.717, 1.165) is 13.0 Å². The maximum Gasteiger partial charge on any atom is 0.215 e. The largest absolute Gasteiger partial charge is 0.357 e. The third-order valence-corrected chi connectivity index (χ3v) is 5.69. The van der Waals surface area contributed by atoms with E-state index in [1.54, 1.807) is 0 Å². The summed E-state index contributed by atoms with van der Waals surface area (Å²) in [5.41, 5.74) is 0. The molecule has 0 aliphatic rings. The quantitative estimate of drug-likeness (QED) is 0.197. The van der Waals surface area contributed by atoms with E-state index in [9.17, 15) is 8.42 Å². The van der Waals surface area contributed by atoms with Crippen molar-refractivity contribution in [2.45, 2.75) is 66.3 Å². The molecule has 0 aromatic heterocycles. The monoisotopic (exact) mass is 476 g/mol. The van der Waals surface area contributed by atoms with Crippen molar-refractivity contribution >= 4 is 40.0 Å². The second kappa shape index (κ2) is 15.2. The van der Waals surface area contributed by atoms with Crippen LogP contribution in [0.15, 0.2) is 4.99 Å². The van der Waals surface area contributed by atoms with Crippen LogP contribution in [-0.2, 0) is 10.0 Å². The Morgan fingerprint density at radius 3 is 2.25 bits per heavy atom. The van der Waals surface area contributed by atoms with Crippen LogP contribution < -0.4 is 10.6 Å². The first-order chi connectivity index (χ1) is 10.9. The zero-order chi connectivity index (χ0) is 17.7. The Morgan fingerprint density at radius 1 is 1.12 bits per heavy atom. The van der Waals surface area contributed by atoms with Crippen molar-refractivity contribution in [2.24, 2.45) is 4.99 Å². The van der Waals surface area contributed by atoms with Crippen LogP contribution in [0.25, 0.3) is 0 Å². The molecule has 0 amide bonds. The molecule has 0 radical (unpaired) electrons. The lowest BCUT2D eigenvalue weighted by molar-refractivity contribution is 0.445. The minimum Gasteiger partial charge on any atom is -0.357 e. The number of sulfonamides is 1. The third kappa shape index (κ3) is 11.5. The van der Waals surface area contributed by atoms with Gasteiger partial charge in [-0.1, -0.05) is 40.0 Å². The van der Waals surface area contributed by atoms with Gasteiger partial charge in [-0.05, 0) is 20.3 Å². The van der Waals surface area contributed by atoms with Gasteiger partial charge >= 0.3 is 0 Å². The normalized spacial score (nSPS) is 13.5. The minimum absolute atomic E-state index is 0. The molecule has 0 aliphatic carbocycles. The summed E-state index contributed by atoms with van der Waals surface area (Å²) >= 11 is 0. The maximum atomic E-state index is 12.1. The van der Waals surface area contributed by atoms with Crippen molar-refractivity contribution in [3.05, 3.63) is 0 Å². The molecule has 1 atom stereocenters. The molecule has 0 heterocycles. The topological polar surface area (TPSA) is 73.8 Å². The summed E-state index contributed by atoms with van der Waals surface area (Å²) in [4.78, 5) is 4.41. The van der Waals surface area contributed by atoms with E-state index in [4.69, 9.17) is 0 Å². The van der Waals surface area contributed by atoms with Crippen molar-refractivity contribution < 1.29 is 8.42 Å². The molecule has 8 heteroatoms. The summed E-state index contributed by atoms with van der Waals surface area (Å²) in [5.74, 6) is 0.751. The fourth-order valence-electron chi connectivity index (χ4n) is 2.35. The molecule has 0 rings (SSSR count). The van der Waals surface area contributed by atoms with E-state index in [0.29, 0.717) is 25.1 Å². The van der Waals surface area contributed by atoms with Gasteiger partial charge in [0.2, 0.25) is 10.0 Å². The standard InChI is InChI=1S/C16H36N4O2S.HI/c1-6-10-11-12-15(5)19-16(17-7-2)18-13-14-23(21,22)20(8-3)9-4;/h15H,6-14H2,1-5H3,(H2,17,18,19);1H. The number of aliphatic imine (C=N–C) groups is 1. The lowest BCUT2D eigenvalue weighted by Gasteiger charge is -2.19. The van der Waals surface area contributed by atoms with Gasteiger partial charge in [0.15, 0.2) is 5.96 Å². The highest BCUT2D eigenvalue weighted by Gasteiger charge is 2.18. The molecule has 0 bridgehead atoms. The Balaban J connectivity index is 0. The number of nitrogens with one attached hydrogen (secondary N) is 2. The molecule has 6 nitrogen and oxygen atoms in total. The first-order valence-electron chi connectivity index (χ1n) is 8.93. The average Bonchev–Trinajstić information content (AvgIpc) is 2.48. The molecule has 0 fully saturated rings. The van der Waals surface area contributed by atoms with E-state index < -0.39 is 10.0 Å². The van der Waals surface area contributed by atoms with Gasteiger partial charge in [-0.25, -0.2) is 12.7 Å². The number of unbranched alkanes of at least 4 members (excludes halogenated alkanes) is 2. The predicted molar refractivity (Wildman–Crippen MR) is 115 cm³/mol. The molecule has 1 unspecified atom stereocenters. The lowest BCUT2D eigenvalue weighted by Crippen LogP contribution is -2.42. The van der Waals surface area contributed by atoms with E-state index >= 15 is 0 Å². The molecule has 24 heavy (non-hydrogen) atoms. The highest BCUT2D eigenvalue weighted by molar-refractivity contribution is 14.0. The number of halogens is 1. The van der Waals surface area contributed by atoms with Crippen LogP contribution in [-0.4, -0.2) is 56.7 Å². The number of hydrogen-bond donors (Lipinski definition) is 2. The Labute approximate surface area is 166 Å². The zero-order valence-electron chi connectivity index (χ0n) is 16.0. The van der Waals surface area contributed by atoms with Gasteiger partial charge in [-0.15, -0.1) is 24.0 Å². The Morgan fingerprint density at radius 2 is 1.75 bits per heavy atom. The van der Waals surface area contributed by atoms with Gasteiger partial charge in [-0.2, -0.15) is 0 Å². The molecule has 0 aliphatic heterocycles. The van der Waals surface area contributed by atoms with Gasteiger partial charge in [0.1, 0.15) is 0 Å². The Bertz CT molecular complexity index is 426. The van der Waals surface area contributed by atoms with Crippen molar-refractivity contribution in [1.29, 1.82) is 0 Å². The summed E-state index contributed by atoms with van der Waals surface area (Å²) in [6, 6.07) is 0.332. The van der Waals surface area contributed by atoms with Gasteiger partial charge in [0, 0.05) is 25.7 Å². The fourth-order valence-corrected chi connectivity index (χ4v) is 3.71. The summed E-state index contributed by atoms with van der Waals surface area (Å²) in [6.45, 7) is 12.1. The van der Waals surface area contributed by atoms with Gasteiger partial charge < -0.3 is 10.6 Å². The van der Waals surface area contributed by atoms with Crippen LogP contribution in [0.5, 0.6) is 0 Å². The molecular weight excluding hydrogens is 439 g/mol. The first-order valence-corrected chi connectivity index (χ1v) is 10.5. The van der Waals surface area contributed by atoms with Crippen LogP contribution in [0.4, 0.5) is 0 Å². The van der Waals surface area contributed by atoms with Crippen LogP contribution in [0.3, 0.4) is 0 Å². The molecule has 0 aromatic carbocycles. The summed E-state index contributed by atoms with van der Waals surface area (Å²) in [7, 11) is -3.21. The summed E-state index contributed by atoms with van der Waals surface area (Å²) in [5, 5.41) is 6.53. The Hall–Kier alpha value is -0.0900. The number of rotatable bonds is 12. The van der Waals surface area contributed by atoms with E-state index in [1.165, 1.54) is 23.6 Å². The van der Waals surface area contributed by atoms with Crippen molar-refractivity contribution in [2.75, 3.05) is 31.9 Å². The predicted octanol–water partition coefficient (Wildman–Crippen LogP) is 2.80. The van der Waals surface area contributed by atoms with Crippen LogP contribution >= 0.6 is 24.0 Å². The Kier molecular flexibility index (Phi) is 16.5. The van der Waals surface area contributed by atoms with Crippen molar-refractivity contribution in [3.8, 4) is 0 Å². The highest BCUT2D eigenvalue weighted by atomic mass is 127. The summed E-state index contributed by atoms with van der Waals surface area (Å²) in [6.07, 6.45) is 4.74. The van der Waals surface area contributed by atoms with Crippen LogP contribution in [0.2, 0.25) is 0 Å². The smallest absolute Gasteiger partial charge is 0.215 e. The van der Waals surface area contributed by atoms with E-state index in [1.807, 2.05) is 20.8 Å². The first kappa shape index (κ1) is 26.1. The van der Waals surface area contributed by atoms with Crippen molar-refractivity contribution in [1.82, 2.24) is 14.9 Å². The molecule has 0 saturated heterocycles. The fraction of sp³-hybridized carbons (Fsp3) is 0.938. The van der Waals surface area contributed by atoms with Gasteiger partial charge in [0.25, 0.3) is 0 Å². The molecular formula is C16H37IN4O2S. The molecule has 146 valence electrons. The molecule has 0 spiro atoms. The molecule has 0 aromatic rings.